The van der Waals surface area contributed by atoms with Gasteiger partial charge in [0, 0.05) is 6.04 Å². The van der Waals surface area contributed by atoms with Crippen LogP contribution in [0, 0.1) is 0 Å². The van der Waals surface area contributed by atoms with Gasteiger partial charge in [-0.05, 0) is 13.3 Å². The first-order valence-corrected chi connectivity index (χ1v) is 5.22. The Labute approximate surface area is 81.1 Å². The van der Waals surface area contributed by atoms with Crippen molar-refractivity contribution >= 4 is 6.03 Å². The molecule has 0 spiro atoms. The van der Waals surface area contributed by atoms with Crippen molar-refractivity contribution in [3.63, 3.8) is 0 Å². The molecule has 0 aliphatic carbocycles. The minimum Gasteiger partial charge on any atom is -0.352 e. The number of unbranched alkanes of at least 4 members (excludes halogenated alkanes) is 4. The second-order valence-electron chi connectivity index (χ2n) is 3.61. The summed E-state index contributed by atoms with van der Waals surface area (Å²) in [5.41, 5.74) is 5.00. The van der Waals surface area contributed by atoms with Gasteiger partial charge in [0.05, 0.1) is 0 Å². The van der Waals surface area contributed by atoms with Crippen LogP contribution in [0.2, 0.25) is 0 Å². The van der Waals surface area contributed by atoms with Crippen LogP contribution < -0.4 is 11.1 Å². The van der Waals surface area contributed by atoms with Gasteiger partial charge >= 0.3 is 6.03 Å². The maximum atomic E-state index is 10.5. The van der Waals surface area contributed by atoms with E-state index in [1.165, 1.54) is 32.1 Å². The third-order valence-corrected chi connectivity index (χ3v) is 2.13. The maximum absolute atomic E-state index is 10.5. The smallest absolute Gasteiger partial charge is 0.312 e. The van der Waals surface area contributed by atoms with Gasteiger partial charge in [-0.3, -0.25) is 0 Å². The van der Waals surface area contributed by atoms with Gasteiger partial charge in [-0.1, -0.05) is 39.0 Å². The second-order valence-corrected chi connectivity index (χ2v) is 3.61. The van der Waals surface area contributed by atoms with E-state index in [0.29, 0.717) is 0 Å². The van der Waals surface area contributed by atoms with Gasteiger partial charge in [-0.25, -0.2) is 4.79 Å². The minimum absolute atomic E-state index is 0.221. The fraction of sp³-hybridized carbons (Fsp3) is 0.900. The molecule has 0 aromatic rings. The number of hydrogen-bond acceptors (Lipinski definition) is 1. The van der Waals surface area contributed by atoms with Gasteiger partial charge in [0.15, 0.2) is 0 Å². The summed E-state index contributed by atoms with van der Waals surface area (Å²) in [7, 11) is 0. The van der Waals surface area contributed by atoms with Crippen LogP contribution in [-0.2, 0) is 0 Å². The van der Waals surface area contributed by atoms with E-state index in [9.17, 15) is 4.79 Å². The molecule has 1 atom stereocenters. The van der Waals surface area contributed by atoms with Gasteiger partial charge < -0.3 is 11.1 Å². The molecule has 0 saturated heterocycles. The quantitative estimate of drug-likeness (QED) is 0.589. The lowest BCUT2D eigenvalue weighted by Gasteiger charge is -2.11. The molecule has 0 saturated carbocycles. The first-order valence-electron chi connectivity index (χ1n) is 5.22. The van der Waals surface area contributed by atoms with Crippen LogP contribution in [0.3, 0.4) is 0 Å². The van der Waals surface area contributed by atoms with E-state index in [2.05, 4.69) is 12.2 Å². The SMILES string of the molecule is CCCCCCCC(C)NC(N)=O. The minimum atomic E-state index is -0.416. The number of rotatable bonds is 7. The largest absolute Gasteiger partial charge is 0.352 e. The summed E-state index contributed by atoms with van der Waals surface area (Å²) in [6, 6.07) is -0.194. The Morgan fingerprint density at radius 3 is 2.46 bits per heavy atom. The summed E-state index contributed by atoms with van der Waals surface area (Å²) >= 11 is 0. The predicted octanol–water partition coefficient (Wildman–Crippen LogP) is 2.40. The molecule has 1 unspecified atom stereocenters. The number of carbonyl (C=O) groups is 1. The molecule has 0 aromatic heterocycles. The average molecular weight is 186 g/mol. The third kappa shape index (κ3) is 9.18. The lowest BCUT2D eigenvalue weighted by molar-refractivity contribution is 0.245. The maximum Gasteiger partial charge on any atom is 0.312 e. The summed E-state index contributed by atoms with van der Waals surface area (Å²) in [5.74, 6) is 0. The Balaban J connectivity index is 3.17. The summed E-state index contributed by atoms with van der Waals surface area (Å²) in [5, 5.41) is 2.67. The first-order chi connectivity index (χ1) is 6.16. The van der Waals surface area contributed by atoms with Crippen LogP contribution in [0.4, 0.5) is 4.79 Å². The van der Waals surface area contributed by atoms with Gasteiger partial charge in [0.1, 0.15) is 0 Å². The number of primary amides is 1. The molecule has 0 aliphatic heterocycles. The molecule has 0 radical (unpaired) electrons. The van der Waals surface area contributed by atoms with Crippen LogP contribution in [0.5, 0.6) is 0 Å². The van der Waals surface area contributed by atoms with Gasteiger partial charge in [0.25, 0.3) is 0 Å². The molecular weight excluding hydrogens is 164 g/mol. The highest BCUT2D eigenvalue weighted by Crippen LogP contribution is 2.06. The normalized spacial score (nSPS) is 12.5. The molecule has 0 bridgehead atoms. The molecule has 3 heteroatoms. The number of hydrogen-bond donors (Lipinski definition) is 2. The highest BCUT2D eigenvalue weighted by Gasteiger charge is 2.02. The van der Waals surface area contributed by atoms with Gasteiger partial charge in [-0.15, -0.1) is 0 Å². The van der Waals surface area contributed by atoms with Crippen molar-refractivity contribution in [1.82, 2.24) is 5.32 Å². The molecule has 3 nitrogen and oxygen atoms in total. The van der Waals surface area contributed by atoms with E-state index >= 15 is 0 Å². The summed E-state index contributed by atoms with van der Waals surface area (Å²) in [6.45, 7) is 4.20. The van der Waals surface area contributed by atoms with Crippen LogP contribution in [0.15, 0.2) is 0 Å². The lowest BCUT2D eigenvalue weighted by atomic mass is 10.1. The summed E-state index contributed by atoms with van der Waals surface area (Å²) < 4.78 is 0. The Hall–Kier alpha value is -0.730. The zero-order chi connectivity index (χ0) is 10.1. The number of amides is 2. The monoisotopic (exact) mass is 186 g/mol. The average Bonchev–Trinajstić information content (AvgIpc) is 2.02. The number of carbonyl (C=O) groups excluding carboxylic acids is 1. The van der Waals surface area contributed by atoms with Gasteiger partial charge in [0.2, 0.25) is 0 Å². The molecule has 0 heterocycles. The molecule has 0 fully saturated rings. The van der Waals surface area contributed by atoms with Crippen molar-refractivity contribution in [3.05, 3.63) is 0 Å². The van der Waals surface area contributed by atoms with Crippen molar-refractivity contribution in [2.45, 2.75) is 58.4 Å². The molecule has 0 rings (SSSR count). The van der Waals surface area contributed by atoms with Crippen molar-refractivity contribution in [1.29, 1.82) is 0 Å². The molecular formula is C10H22N2O. The molecule has 78 valence electrons. The molecule has 0 aliphatic rings. The summed E-state index contributed by atoms with van der Waals surface area (Å²) in [6.07, 6.45) is 7.37. The number of nitrogens with one attached hydrogen (secondary N) is 1. The van der Waals surface area contributed by atoms with Crippen molar-refractivity contribution < 1.29 is 4.79 Å². The lowest BCUT2D eigenvalue weighted by Crippen LogP contribution is -2.36. The molecule has 2 amide bonds. The first kappa shape index (κ1) is 12.3. The highest BCUT2D eigenvalue weighted by atomic mass is 16.2. The highest BCUT2D eigenvalue weighted by molar-refractivity contribution is 5.71. The molecule has 0 aromatic carbocycles. The topological polar surface area (TPSA) is 55.1 Å². The van der Waals surface area contributed by atoms with Gasteiger partial charge in [-0.2, -0.15) is 0 Å². The van der Waals surface area contributed by atoms with Crippen LogP contribution in [-0.4, -0.2) is 12.1 Å². The fourth-order valence-electron chi connectivity index (χ4n) is 1.37. The fourth-order valence-corrected chi connectivity index (χ4v) is 1.37. The Bertz CT molecular complexity index is 137. The van der Waals surface area contributed by atoms with E-state index in [-0.39, 0.29) is 6.04 Å². The Morgan fingerprint density at radius 1 is 1.31 bits per heavy atom. The van der Waals surface area contributed by atoms with Crippen molar-refractivity contribution in [3.8, 4) is 0 Å². The van der Waals surface area contributed by atoms with E-state index in [4.69, 9.17) is 5.73 Å². The summed E-state index contributed by atoms with van der Waals surface area (Å²) in [4.78, 5) is 10.5. The van der Waals surface area contributed by atoms with E-state index < -0.39 is 6.03 Å². The standard InChI is InChI=1S/C10H22N2O/c1-3-4-5-6-7-8-9(2)12-10(11)13/h9H,3-8H2,1-2H3,(H3,11,12,13). The van der Waals surface area contributed by atoms with Crippen molar-refractivity contribution in [2.75, 3.05) is 0 Å². The molecule has 13 heavy (non-hydrogen) atoms. The predicted molar refractivity (Wildman–Crippen MR) is 55.6 cm³/mol. The number of nitrogens with two attached hydrogens (primary N) is 1. The van der Waals surface area contributed by atoms with Crippen molar-refractivity contribution in [2.24, 2.45) is 5.73 Å². The van der Waals surface area contributed by atoms with Crippen LogP contribution in [0.1, 0.15) is 52.4 Å². The second kappa shape index (κ2) is 7.90. The Morgan fingerprint density at radius 2 is 1.92 bits per heavy atom. The zero-order valence-corrected chi connectivity index (χ0v) is 8.81. The van der Waals surface area contributed by atoms with Crippen LogP contribution in [0.25, 0.3) is 0 Å². The van der Waals surface area contributed by atoms with E-state index in [1.54, 1.807) is 0 Å². The van der Waals surface area contributed by atoms with E-state index in [1.807, 2.05) is 6.92 Å². The third-order valence-electron chi connectivity index (χ3n) is 2.13. The number of urea groups is 1. The van der Waals surface area contributed by atoms with Crippen LogP contribution >= 0.6 is 0 Å². The van der Waals surface area contributed by atoms with E-state index in [0.717, 1.165) is 6.42 Å². The Kier molecular flexibility index (Phi) is 7.45. The zero-order valence-electron chi connectivity index (χ0n) is 8.81. The molecule has 3 N–H and O–H groups in total.